The monoisotopic (exact) mass is 406 g/mol. The molecule has 154 valence electrons. The second-order valence-corrected chi connectivity index (χ2v) is 8.48. The van der Waals surface area contributed by atoms with Crippen LogP contribution in [0, 0.1) is 0 Å². The van der Waals surface area contributed by atoms with Crippen LogP contribution in [0.5, 0.6) is 0 Å². The third-order valence-corrected chi connectivity index (χ3v) is 6.26. The highest BCUT2D eigenvalue weighted by Gasteiger charge is 2.37. The molecule has 1 N–H and O–H groups in total. The fourth-order valence-corrected chi connectivity index (χ4v) is 4.54. The van der Waals surface area contributed by atoms with Crippen molar-refractivity contribution in [3.05, 3.63) is 22.4 Å². The Morgan fingerprint density at radius 1 is 1.18 bits per heavy atom. The highest BCUT2D eigenvalue weighted by molar-refractivity contribution is 7.10. The van der Waals surface area contributed by atoms with E-state index in [9.17, 15) is 14.4 Å². The van der Waals surface area contributed by atoms with Gasteiger partial charge in [-0.25, -0.2) is 0 Å². The maximum atomic E-state index is 13.0. The van der Waals surface area contributed by atoms with Crippen LogP contribution in [-0.2, 0) is 20.8 Å². The summed E-state index contributed by atoms with van der Waals surface area (Å²) in [6, 6.07) is 3.58. The van der Waals surface area contributed by atoms with Crippen LogP contribution in [-0.4, -0.2) is 84.3 Å². The number of hydrogen-bond acceptors (Lipinski definition) is 5. The van der Waals surface area contributed by atoms with Crippen LogP contribution in [0.3, 0.4) is 0 Å². The van der Waals surface area contributed by atoms with Gasteiger partial charge in [0.15, 0.2) is 0 Å². The molecule has 1 aromatic heterocycles. The molecule has 0 radical (unpaired) electrons. The highest BCUT2D eigenvalue weighted by atomic mass is 32.1. The lowest BCUT2D eigenvalue weighted by Crippen LogP contribution is -2.55. The van der Waals surface area contributed by atoms with Crippen LogP contribution in [0.4, 0.5) is 0 Å². The topological polar surface area (TPSA) is 73.0 Å². The molecular formula is C20H30N4O3S. The third kappa shape index (κ3) is 5.32. The molecule has 8 heteroatoms. The van der Waals surface area contributed by atoms with Gasteiger partial charge in [0.2, 0.25) is 17.7 Å². The number of carbonyl (C=O) groups excluding carboxylic acids is 3. The molecule has 0 aromatic carbocycles. The fraction of sp³-hybridized carbons (Fsp3) is 0.650. The lowest BCUT2D eigenvalue weighted by molar-refractivity contribution is -0.144. The van der Waals surface area contributed by atoms with Crippen molar-refractivity contribution in [2.75, 3.05) is 45.8 Å². The summed E-state index contributed by atoms with van der Waals surface area (Å²) in [6.45, 7) is 6.40. The molecule has 1 aromatic rings. The minimum atomic E-state index is -0.327. The summed E-state index contributed by atoms with van der Waals surface area (Å²) in [6.07, 6.45) is 2.93. The summed E-state index contributed by atoms with van der Waals surface area (Å²) in [5.41, 5.74) is 0. The first kappa shape index (κ1) is 20.8. The van der Waals surface area contributed by atoms with Crippen molar-refractivity contribution >= 4 is 29.1 Å². The van der Waals surface area contributed by atoms with Gasteiger partial charge in [-0.1, -0.05) is 13.0 Å². The van der Waals surface area contributed by atoms with Crippen LogP contribution in [0.1, 0.15) is 31.1 Å². The molecule has 0 saturated carbocycles. The summed E-state index contributed by atoms with van der Waals surface area (Å²) < 4.78 is 0. The van der Waals surface area contributed by atoms with Gasteiger partial charge in [-0.15, -0.1) is 11.3 Å². The van der Waals surface area contributed by atoms with Gasteiger partial charge >= 0.3 is 0 Å². The summed E-state index contributed by atoms with van der Waals surface area (Å²) in [7, 11) is 0. The minimum Gasteiger partial charge on any atom is -0.355 e. The first-order valence-electron chi connectivity index (χ1n) is 10.2. The van der Waals surface area contributed by atoms with Gasteiger partial charge in [-0.3, -0.25) is 19.3 Å². The Balaban J connectivity index is 1.48. The first-order chi connectivity index (χ1) is 13.6. The summed E-state index contributed by atoms with van der Waals surface area (Å²) >= 11 is 1.58. The van der Waals surface area contributed by atoms with Crippen molar-refractivity contribution < 1.29 is 14.4 Å². The molecule has 1 unspecified atom stereocenters. The number of likely N-dealkylation sites (tertiary alicyclic amines) is 1. The molecule has 7 nitrogen and oxygen atoms in total. The number of thiophene rings is 1. The van der Waals surface area contributed by atoms with Crippen molar-refractivity contribution in [2.24, 2.45) is 0 Å². The largest absolute Gasteiger partial charge is 0.355 e. The van der Waals surface area contributed by atoms with Gasteiger partial charge in [0, 0.05) is 44.1 Å². The molecule has 2 aliphatic heterocycles. The van der Waals surface area contributed by atoms with Crippen molar-refractivity contribution in [3.8, 4) is 0 Å². The standard InChI is InChI=1S/C20H30N4O3S/c1-2-7-21-18(25)15-22-9-11-23(12-10-22)20(27)17-6-3-8-24(17)19(26)14-16-5-4-13-28-16/h4-5,13,17H,2-3,6-12,14-15H2,1H3,(H,21,25). The van der Waals surface area contributed by atoms with Gasteiger partial charge in [-0.2, -0.15) is 0 Å². The van der Waals surface area contributed by atoms with E-state index in [1.807, 2.05) is 29.3 Å². The summed E-state index contributed by atoms with van der Waals surface area (Å²) in [4.78, 5) is 44.3. The predicted molar refractivity (Wildman–Crippen MR) is 109 cm³/mol. The zero-order chi connectivity index (χ0) is 19.9. The van der Waals surface area contributed by atoms with E-state index < -0.39 is 0 Å². The Kier molecular flexibility index (Phi) is 7.44. The third-order valence-electron chi connectivity index (χ3n) is 5.39. The molecule has 3 heterocycles. The minimum absolute atomic E-state index is 0.0442. The number of nitrogens with zero attached hydrogens (tertiary/aromatic N) is 3. The maximum Gasteiger partial charge on any atom is 0.245 e. The normalized spacial score (nSPS) is 20.4. The van der Waals surface area contributed by atoms with E-state index in [0.29, 0.717) is 52.2 Å². The quantitative estimate of drug-likeness (QED) is 0.732. The fourth-order valence-electron chi connectivity index (χ4n) is 3.85. The summed E-state index contributed by atoms with van der Waals surface area (Å²) in [5.74, 6) is 0.152. The lowest BCUT2D eigenvalue weighted by atomic mass is 10.1. The first-order valence-corrected chi connectivity index (χ1v) is 11.1. The highest BCUT2D eigenvalue weighted by Crippen LogP contribution is 2.22. The van der Waals surface area contributed by atoms with Crippen molar-refractivity contribution in [3.63, 3.8) is 0 Å². The van der Waals surface area contributed by atoms with Crippen LogP contribution in [0.2, 0.25) is 0 Å². The van der Waals surface area contributed by atoms with E-state index in [-0.39, 0.29) is 23.8 Å². The second kappa shape index (κ2) is 10.0. The van der Waals surface area contributed by atoms with Gasteiger partial charge in [-0.05, 0) is 30.7 Å². The number of carbonyl (C=O) groups is 3. The van der Waals surface area contributed by atoms with Crippen molar-refractivity contribution in [1.29, 1.82) is 0 Å². The molecule has 0 aliphatic carbocycles. The lowest BCUT2D eigenvalue weighted by Gasteiger charge is -2.37. The maximum absolute atomic E-state index is 13.0. The SMILES string of the molecule is CCCNC(=O)CN1CCN(C(=O)C2CCCN2C(=O)Cc2cccs2)CC1. The van der Waals surface area contributed by atoms with E-state index in [1.165, 1.54) is 0 Å². The van der Waals surface area contributed by atoms with Crippen molar-refractivity contribution in [1.82, 2.24) is 20.0 Å². The molecule has 2 saturated heterocycles. The summed E-state index contributed by atoms with van der Waals surface area (Å²) in [5, 5.41) is 4.86. The average Bonchev–Trinajstić information content (AvgIpc) is 3.38. The molecular weight excluding hydrogens is 376 g/mol. The van der Waals surface area contributed by atoms with E-state index in [1.54, 1.807) is 16.2 Å². The zero-order valence-electron chi connectivity index (χ0n) is 16.6. The molecule has 0 bridgehead atoms. The van der Waals surface area contributed by atoms with Crippen molar-refractivity contribution in [2.45, 2.75) is 38.6 Å². The van der Waals surface area contributed by atoms with Gasteiger partial charge < -0.3 is 15.1 Å². The van der Waals surface area contributed by atoms with Crippen LogP contribution in [0.25, 0.3) is 0 Å². The number of rotatable bonds is 7. The molecule has 3 rings (SSSR count). The number of piperazine rings is 1. The Morgan fingerprint density at radius 2 is 1.96 bits per heavy atom. The molecule has 1 atom stereocenters. The Hall–Kier alpha value is -1.93. The number of amides is 3. The van der Waals surface area contributed by atoms with E-state index in [2.05, 4.69) is 10.2 Å². The number of hydrogen-bond donors (Lipinski definition) is 1. The van der Waals surface area contributed by atoms with Gasteiger partial charge in [0.1, 0.15) is 6.04 Å². The molecule has 2 aliphatic rings. The Labute approximate surface area is 170 Å². The molecule has 2 fully saturated rings. The van der Waals surface area contributed by atoms with Crippen LogP contribution >= 0.6 is 11.3 Å². The Morgan fingerprint density at radius 3 is 2.64 bits per heavy atom. The predicted octanol–water partition coefficient (Wildman–Crippen LogP) is 0.952. The molecule has 3 amide bonds. The second-order valence-electron chi connectivity index (χ2n) is 7.45. The van der Waals surface area contributed by atoms with E-state index in [0.717, 1.165) is 24.1 Å². The smallest absolute Gasteiger partial charge is 0.245 e. The van der Waals surface area contributed by atoms with Crippen LogP contribution in [0.15, 0.2) is 17.5 Å². The number of nitrogens with one attached hydrogen (secondary N) is 1. The van der Waals surface area contributed by atoms with E-state index in [4.69, 9.17) is 0 Å². The zero-order valence-corrected chi connectivity index (χ0v) is 17.4. The average molecular weight is 407 g/mol. The molecule has 28 heavy (non-hydrogen) atoms. The van der Waals surface area contributed by atoms with Crippen LogP contribution < -0.4 is 5.32 Å². The Bertz CT molecular complexity index is 671. The van der Waals surface area contributed by atoms with Gasteiger partial charge in [0.05, 0.1) is 13.0 Å². The van der Waals surface area contributed by atoms with E-state index >= 15 is 0 Å². The van der Waals surface area contributed by atoms with Gasteiger partial charge in [0.25, 0.3) is 0 Å². The molecule has 0 spiro atoms.